The van der Waals surface area contributed by atoms with Crippen LogP contribution in [0.3, 0.4) is 0 Å². The number of carbonyl (C=O) groups is 7. The minimum absolute atomic E-state index is 0.203. The van der Waals surface area contributed by atoms with Gasteiger partial charge in [0.2, 0.25) is 0 Å². The summed E-state index contributed by atoms with van der Waals surface area (Å²) in [5.74, 6) is -10.8. The summed E-state index contributed by atoms with van der Waals surface area (Å²) in [5.41, 5.74) is 0. The zero-order valence-electron chi connectivity index (χ0n) is 27.6. The van der Waals surface area contributed by atoms with Gasteiger partial charge in [-0.25, -0.2) is 14.4 Å². The minimum atomic E-state index is -2.60. The number of cyclic esters (lactones) is 2. The molecule has 19 nitrogen and oxygen atoms in total. The molecule has 0 N–H and O–H groups in total. The predicted molar refractivity (Wildman–Crippen MR) is 153 cm³/mol. The maximum atomic E-state index is 13.7. The van der Waals surface area contributed by atoms with Gasteiger partial charge in [-0.05, 0) is 6.08 Å². The predicted octanol–water partition coefficient (Wildman–Crippen LogP) is 0.300. The molecule has 3 aliphatic rings. The number of carbonyl (C=O) groups excluding carboxylic acids is 7. The van der Waals surface area contributed by atoms with E-state index in [1.807, 2.05) is 0 Å². The fraction of sp³-hybridized carbons (Fsp3) is 0.633. The Morgan fingerprint density at radius 2 is 1.59 bits per heavy atom. The Kier molecular flexibility index (Phi) is 13.1. The molecule has 3 heterocycles. The van der Waals surface area contributed by atoms with Gasteiger partial charge in [0.1, 0.15) is 31.2 Å². The Morgan fingerprint density at radius 3 is 2.12 bits per heavy atom. The molecule has 2 saturated heterocycles. The first-order valence-electron chi connectivity index (χ1n) is 14.7. The van der Waals surface area contributed by atoms with Gasteiger partial charge >= 0.3 is 47.8 Å². The van der Waals surface area contributed by atoms with Crippen LogP contribution in [-0.2, 0) is 85.6 Å². The average molecular weight is 703 g/mol. The summed E-state index contributed by atoms with van der Waals surface area (Å²) in [6.07, 6.45) is -8.75. The fourth-order valence-corrected chi connectivity index (χ4v) is 5.25. The number of esters is 6. The molecule has 0 aromatic rings. The Morgan fingerprint density at radius 1 is 0.939 bits per heavy atom. The third-order valence-corrected chi connectivity index (χ3v) is 7.02. The molecule has 3 rings (SSSR count). The van der Waals surface area contributed by atoms with Gasteiger partial charge < -0.3 is 56.8 Å². The van der Waals surface area contributed by atoms with Crippen LogP contribution in [0.15, 0.2) is 24.5 Å². The van der Waals surface area contributed by atoms with Crippen molar-refractivity contribution in [2.75, 3.05) is 34.0 Å². The number of ether oxygens (including phenoxy) is 12. The molecular formula is C30H38O19. The highest BCUT2D eigenvalue weighted by molar-refractivity contribution is 5.79. The number of hydrogen-bond donors (Lipinski definition) is 0. The largest absolute Gasteiger partial charge is 0.509 e. The lowest BCUT2D eigenvalue weighted by atomic mass is 9.91. The van der Waals surface area contributed by atoms with E-state index in [2.05, 4.69) is 6.58 Å². The third kappa shape index (κ3) is 9.67. The maximum Gasteiger partial charge on any atom is 0.509 e. The lowest BCUT2D eigenvalue weighted by molar-refractivity contribution is -0.340. The second-order valence-corrected chi connectivity index (χ2v) is 10.7. The van der Waals surface area contributed by atoms with Gasteiger partial charge in [-0.1, -0.05) is 6.08 Å². The molecule has 0 bridgehead atoms. The van der Waals surface area contributed by atoms with E-state index in [0.29, 0.717) is 0 Å². The van der Waals surface area contributed by atoms with Crippen molar-refractivity contribution >= 4 is 42.0 Å². The quantitative estimate of drug-likeness (QED) is 0.135. The topological polar surface area (TPSA) is 230 Å². The van der Waals surface area contributed by atoms with Crippen molar-refractivity contribution in [1.29, 1.82) is 0 Å². The summed E-state index contributed by atoms with van der Waals surface area (Å²) in [6, 6.07) is 0. The van der Waals surface area contributed by atoms with Crippen molar-refractivity contribution < 1.29 is 90.4 Å². The molecule has 49 heavy (non-hydrogen) atoms. The normalized spacial score (nSPS) is 29.7. The van der Waals surface area contributed by atoms with Crippen LogP contribution in [0.25, 0.3) is 0 Å². The van der Waals surface area contributed by atoms with Gasteiger partial charge in [0.25, 0.3) is 5.79 Å². The summed E-state index contributed by atoms with van der Waals surface area (Å²) in [5, 5.41) is 0. The Bertz CT molecular complexity index is 1340. The summed E-state index contributed by atoms with van der Waals surface area (Å²) in [7, 11) is 2.04. The van der Waals surface area contributed by atoms with Gasteiger partial charge in [-0.3, -0.25) is 19.2 Å². The van der Waals surface area contributed by atoms with Crippen LogP contribution in [0.4, 0.5) is 4.79 Å². The van der Waals surface area contributed by atoms with E-state index in [1.54, 1.807) is 0 Å². The van der Waals surface area contributed by atoms with Gasteiger partial charge in [-0.15, -0.1) is 6.58 Å². The SMILES string of the molecule is C=CCO[C@]1(C(=O)OC)C[C@@H](O[C@]2(C(=O)OC)C[C@@H](OC(C)=O)[C@@H](OC(C)=O)[C@@H]([C@@H](COC(C)=O)OC(C)=O)O2)C=C([C@H]2COC(=O)O2)O1. The fourth-order valence-electron chi connectivity index (χ4n) is 5.25. The zero-order chi connectivity index (χ0) is 36.5. The molecule has 272 valence electrons. The van der Waals surface area contributed by atoms with E-state index in [-0.39, 0.29) is 19.0 Å². The highest BCUT2D eigenvalue weighted by atomic mass is 16.8. The van der Waals surface area contributed by atoms with E-state index in [9.17, 15) is 33.6 Å². The van der Waals surface area contributed by atoms with E-state index in [1.165, 1.54) is 12.2 Å². The van der Waals surface area contributed by atoms with Crippen LogP contribution in [0.5, 0.6) is 0 Å². The lowest BCUT2D eigenvalue weighted by Gasteiger charge is -2.48. The first-order chi connectivity index (χ1) is 23.1. The van der Waals surface area contributed by atoms with E-state index in [0.717, 1.165) is 41.9 Å². The number of rotatable bonds is 14. The van der Waals surface area contributed by atoms with Gasteiger partial charge in [0, 0.05) is 27.7 Å². The van der Waals surface area contributed by atoms with Gasteiger partial charge in [0.05, 0.1) is 39.8 Å². The summed E-state index contributed by atoms with van der Waals surface area (Å²) in [6.45, 7) is 6.48. The van der Waals surface area contributed by atoms with Crippen LogP contribution < -0.4 is 0 Å². The number of methoxy groups -OCH3 is 2. The highest BCUT2D eigenvalue weighted by Gasteiger charge is 2.61. The lowest BCUT2D eigenvalue weighted by Crippen LogP contribution is -2.66. The average Bonchev–Trinajstić information content (AvgIpc) is 3.47. The van der Waals surface area contributed by atoms with Crippen molar-refractivity contribution in [3.63, 3.8) is 0 Å². The molecule has 0 spiro atoms. The standard InChI is InChI=1S/C30H38O19/c1-8-9-42-29(26(35)38-6)11-19(10-20(48-29)22-13-41-28(37)46-22)47-30(27(36)39-7)12-21(43-16(3)32)24(45-18(5)34)25(49-30)23(44-17(4)33)14-40-15(2)31/h8,10,19,21-25H,1,9,11-14H2,2-7H3/t19-,21+,22+,23+,24+,25+,29+,30+/m0/s1. The van der Waals surface area contributed by atoms with Crippen LogP contribution in [0.1, 0.15) is 40.5 Å². The minimum Gasteiger partial charge on any atom is -0.465 e. The summed E-state index contributed by atoms with van der Waals surface area (Å²) in [4.78, 5) is 87.1. The maximum absolute atomic E-state index is 13.7. The smallest absolute Gasteiger partial charge is 0.465 e. The molecule has 0 aromatic heterocycles. The van der Waals surface area contributed by atoms with Crippen molar-refractivity contribution in [3.8, 4) is 0 Å². The Labute approximate surface area is 279 Å². The molecule has 3 aliphatic heterocycles. The molecule has 0 radical (unpaired) electrons. The van der Waals surface area contributed by atoms with Crippen molar-refractivity contribution in [2.24, 2.45) is 0 Å². The van der Waals surface area contributed by atoms with Crippen molar-refractivity contribution in [3.05, 3.63) is 24.5 Å². The molecule has 0 saturated carbocycles. The first kappa shape index (κ1) is 38.7. The van der Waals surface area contributed by atoms with Crippen LogP contribution >= 0.6 is 0 Å². The second kappa shape index (κ2) is 16.6. The molecular weight excluding hydrogens is 664 g/mol. The molecule has 0 aromatic carbocycles. The third-order valence-electron chi connectivity index (χ3n) is 7.02. The first-order valence-corrected chi connectivity index (χ1v) is 14.7. The number of hydrogen-bond acceptors (Lipinski definition) is 19. The van der Waals surface area contributed by atoms with Gasteiger partial charge in [-0.2, -0.15) is 0 Å². The van der Waals surface area contributed by atoms with Crippen molar-refractivity contribution in [2.45, 2.75) is 88.7 Å². The molecule has 0 aliphatic carbocycles. The van der Waals surface area contributed by atoms with E-state index < -0.39 is 110 Å². The van der Waals surface area contributed by atoms with Crippen LogP contribution in [-0.4, -0.2) is 124 Å². The zero-order valence-corrected chi connectivity index (χ0v) is 27.6. The molecule has 19 heteroatoms. The molecule has 0 amide bonds. The van der Waals surface area contributed by atoms with Crippen LogP contribution in [0, 0.1) is 0 Å². The van der Waals surface area contributed by atoms with E-state index in [4.69, 9.17) is 56.8 Å². The highest BCUT2D eigenvalue weighted by Crippen LogP contribution is 2.42. The summed E-state index contributed by atoms with van der Waals surface area (Å²) >= 11 is 0. The van der Waals surface area contributed by atoms with E-state index >= 15 is 0 Å². The second-order valence-electron chi connectivity index (χ2n) is 10.7. The molecule has 2 fully saturated rings. The molecule has 0 unspecified atom stereocenters. The summed E-state index contributed by atoms with van der Waals surface area (Å²) < 4.78 is 65.3. The van der Waals surface area contributed by atoms with Crippen molar-refractivity contribution in [1.82, 2.24) is 0 Å². The molecule has 8 atom stereocenters. The van der Waals surface area contributed by atoms with Gasteiger partial charge in [0.15, 0.2) is 18.3 Å². The Hall–Kier alpha value is -4.75. The van der Waals surface area contributed by atoms with Crippen LogP contribution in [0.2, 0.25) is 0 Å². The monoisotopic (exact) mass is 702 g/mol. The Balaban J connectivity index is 2.20.